The Morgan fingerprint density at radius 3 is 2.36 bits per heavy atom. The first kappa shape index (κ1) is 19.7. The molecule has 0 aliphatic rings. The summed E-state index contributed by atoms with van der Waals surface area (Å²) in [6, 6.07) is 11.2. The van der Waals surface area contributed by atoms with Gasteiger partial charge in [0.2, 0.25) is 15.9 Å². The summed E-state index contributed by atoms with van der Waals surface area (Å²) < 4.78 is 26.7. The van der Waals surface area contributed by atoms with E-state index in [1.54, 1.807) is 6.07 Å². The van der Waals surface area contributed by atoms with Crippen molar-refractivity contribution in [2.24, 2.45) is 0 Å². The number of carbonyl (C=O) groups excluding carboxylic acids is 1. The summed E-state index contributed by atoms with van der Waals surface area (Å²) >= 11 is 2.20. The molecule has 2 aromatic rings. The van der Waals surface area contributed by atoms with Crippen molar-refractivity contribution in [3.05, 3.63) is 56.7 Å². The lowest BCUT2D eigenvalue weighted by Crippen LogP contribution is -2.38. The van der Waals surface area contributed by atoms with E-state index in [2.05, 4.69) is 27.9 Å². The van der Waals surface area contributed by atoms with Crippen molar-refractivity contribution >= 4 is 49.9 Å². The number of hydrogen-bond acceptors (Lipinski definition) is 3. The third-order valence-corrected chi connectivity index (χ3v) is 5.58. The van der Waals surface area contributed by atoms with Gasteiger partial charge in [-0.1, -0.05) is 12.1 Å². The zero-order valence-corrected chi connectivity index (χ0v) is 17.6. The van der Waals surface area contributed by atoms with E-state index in [9.17, 15) is 13.2 Å². The molecule has 25 heavy (non-hydrogen) atoms. The van der Waals surface area contributed by atoms with Crippen LogP contribution in [0.1, 0.15) is 16.7 Å². The van der Waals surface area contributed by atoms with E-state index >= 15 is 0 Å². The number of sulfonamides is 1. The van der Waals surface area contributed by atoms with Gasteiger partial charge in [-0.25, -0.2) is 8.42 Å². The van der Waals surface area contributed by atoms with Gasteiger partial charge in [0.15, 0.2) is 0 Å². The van der Waals surface area contributed by atoms with Crippen LogP contribution in [0.25, 0.3) is 0 Å². The highest BCUT2D eigenvalue weighted by Gasteiger charge is 2.22. The molecule has 0 unspecified atom stereocenters. The van der Waals surface area contributed by atoms with Gasteiger partial charge in [0.25, 0.3) is 0 Å². The van der Waals surface area contributed by atoms with Crippen LogP contribution in [0, 0.1) is 24.3 Å². The molecule has 0 saturated heterocycles. The third kappa shape index (κ3) is 5.18. The number of amides is 1. The fourth-order valence-corrected chi connectivity index (χ4v) is 4.01. The first-order chi connectivity index (χ1) is 11.6. The summed E-state index contributed by atoms with van der Waals surface area (Å²) in [5.41, 5.74) is 3.87. The van der Waals surface area contributed by atoms with E-state index in [1.807, 2.05) is 51.1 Å². The fourth-order valence-electron chi connectivity index (χ4n) is 2.46. The summed E-state index contributed by atoms with van der Waals surface area (Å²) in [6.07, 6.45) is 1.11. The quantitative estimate of drug-likeness (QED) is 0.677. The van der Waals surface area contributed by atoms with Crippen molar-refractivity contribution in [3.8, 4) is 0 Å². The Kier molecular flexibility index (Phi) is 6.10. The van der Waals surface area contributed by atoms with Crippen molar-refractivity contribution < 1.29 is 13.2 Å². The second kappa shape index (κ2) is 7.74. The Morgan fingerprint density at radius 2 is 1.76 bits per heavy atom. The van der Waals surface area contributed by atoms with Crippen LogP contribution in [0.4, 0.5) is 11.4 Å². The predicted molar refractivity (Wildman–Crippen MR) is 111 cm³/mol. The predicted octanol–water partition coefficient (Wildman–Crippen LogP) is 3.62. The average Bonchev–Trinajstić information content (AvgIpc) is 2.49. The summed E-state index contributed by atoms with van der Waals surface area (Å²) in [7, 11) is -3.59. The molecular formula is C18H21IN2O3S. The maximum Gasteiger partial charge on any atom is 0.245 e. The maximum atomic E-state index is 12.5. The summed E-state index contributed by atoms with van der Waals surface area (Å²) in [6.45, 7) is 5.35. The van der Waals surface area contributed by atoms with Crippen molar-refractivity contribution in [1.29, 1.82) is 0 Å². The topological polar surface area (TPSA) is 66.5 Å². The molecule has 2 aromatic carbocycles. The van der Waals surface area contributed by atoms with Crippen molar-refractivity contribution in [2.45, 2.75) is 20.8 Å². The van der Waals surface area contributed by atoms with Crippen molar-refractivity contribution in [3.63, 3.8) is 0 Å². The number of halogens is 1. The molecule has 0 aliphatic carbocycles. The monoisotopic (exact) mass is 472 g/mol. The number of hydrogen-bond donors (Lipinski definition) is 1. The van der Waals surface area contributed by atoms with Crippen LogP contribution in [0.2, 0.25) is 0 Å². The van der Waals surface area contributed by atoms with E-state index in [-0.39, 0.29) is 12.5 Å². The molecule has 7 heteroatoms. The highest BCUT2D eigenvalue weighted by Crippen LogP contribution is 2.24. The molecule has 0 aliphatic heterocycles. The Balaban J connectivity index is 2.28. The lowest BCUT2D eigenvalue weighted by Gasteiger charge is -2.24. The Labute approximate surface area is 162 Å². The highest BCUT2D eigenvalue weighted by atomic mass is 127. The molecule has 1 amide bonds. The molecule has 2 rings (SSSR count). The van der Waals surface area contributed by atoms with Crippen LogP contribution in [-0.2, 0) is 14.8 Å². The Bertz CT molecular complexity index is 911. The number of carbonyl (C=O) groups is 1. The van der Waals surface area contributed by atoms with Crippen LogP contribution in [-0.4, -0.2) is 27.1 Å². The lowest BCUT2D eigenvalue weighted by molar-refractivity contribution is -0.114. The molecule has 0 heterocycles. The van der Waals surface area contributed by atoms with Gasteiger partial charge in [0.1, 0.15) is 6.54 Å². The molecule has 0 aromatic heterocycles. The second-order valence-electron chi connectivity index (χ2n) is 6.07. The minimum Gasteiger partial charge on any atom is -0.324 e. The SMILES string of the molecule is Cc1ccc(C)c(N(CC(=O)Nc2ccc(I)cc2C)S(C)(=O)=O)c1. The third-order valence-electron chi connectivity index (χ3n) is 3.78. The standard InChI is InChI=1S/C18H21IN2O3S/c1-12-5-6-13(2)17(9-12)21(25(4,23)24)11-18(22)20-16-8-7-15(19)10-14(16)3/h5-10H,11H2,1-4H3,(H,20,22). The van der Waals surface area contributed by atoms with Gasteiger partial charge in [-0.15, -0.1) is 0 Å². The van der Waals surface area contributed by atoms with Crippen LogP contribution >= 0.6 is 22.6 Å². The van der Waals surface area contributed by atoms with E-state index in [1.165, 1.54) is 0 Å². The largest absolute Gasteiger partial charge is 0.324 e. The Morgan fingerprint density at radius 1 is 1.08 bits per heavy atom. The molecule has 0 radical (unpaired) electrons. The molecule has 0 atom stereocenters. The molecule has 1 N–H and O–H groups in total. The van der Waals surface area contributed by atoms with E-state index < -0.39 is 10.0 Å². The van der Waals surface area contributed by atoms with Crippen molar-refractivity contribution in [1.82, 2.24) is 0 Å². The second-order valence-corrected chi connectivity index (χ2v) is 9.22. The van der Waals surface area contributed by atoms with Crippen LogP contribution in [0.15, 0.2) is 36.4 Å². The average molecular weight is 472 g/mol. The smallest absolute Gasteiger partial charge is 0.245 e. The first-order valence-electron chi connectivity index (χ1n) is 7.69. The van der Waals surface area contributed by atoms with Gasteiger partial charge in [-0.3, -0.25) is 9.10 Å². The zero-order valence-electron chi connectivity index (χ0n) is 14.6. The molecule has 5 nitrogen and oxygen atoms in total. The van der Waals surface area contributed by atoms with Gasteiger partial charge >= 0.3 is 0 Å². The maximum absolute atomic E-state index is 12.5. The number of rotatable bonds is 5. The van der Waals surface area contributed by atoms with Gasteiger partial charge in [0, 0.05) is 9.26 Å². The van der Waals surface area contributed by atoms with Gasteiger partial charge in [-0.05, 0) is 84.3 Å². The molecule has 0 bridgehead atoms. The van der Waals surface area contributed by atoms with E-state index in [0.29, 0.717) is 11.4 Å². The van der Waals surface area contributed by atoms with Crippen LogP contribution in [0.3, 0.4) is 0 Å². The van der Waals surface area contributed by atoms with Gasteiger partial charge in [-0.2, -0.15) is 0 Å². The van der Waals surface area contributed by atoms with Gasteiger partial charge < -0.3 is 5.32 Å². The highest BCUT2D eigenvalue weighted by molar-refractivity contribution is 14.1. The zero-order chi connectivity index (χ0) is 18.8. The molecular weight excluding hydrogens is 451 g/mol. The fraction of sp³-hybridized carbons (Fsp3) is 0.278. The number of nitrogens with zero attached hydrogens (tertiary/aromatic N) is 1. The molecule has 0 saturated carbocycles. The van der Waals surface area contributed by atoms with Crippen LogP contribution < -0.4 is 9.62 Å². The lowest BCUT2D eigenvalue weighted by atomic mass is 10.1. The summed E-state index contributed by atoms with van der Waals surface area (Å²) in [4.78, 5) is 12.5. The summed E-state index contributed by atoms with van der Waals surface area (Å²) in [5.74, 6) is -0.379. The number of benzene rings is 2. The van der Waals surface area contributed by atoms with Gasteiger partial charge in [0.05, 0.1) is 11.9 Å². The van der Waals surface area contributed by atoms with Crippen molar-refractivity contribution in [2.75, 3.05) is 22.4 Å². The number of nitrogens with one attached hydrogen (secondary N) is 1. The number of aryl methyl sites for hydroxylation is 3. The van der Waals surface area contributed by atoms with E-state index in [0.717, 1.165) is 30.8 Å². The van der Waals surface area contributed by atoms with E-state index in [4.69, 9.17) is 0 Å². The Hall–Kier alpha value is -1.61. The molecule has 134 valence electrons. The molecule has 0 spiro atoms. The number of anilines is 2. The normalized spacial score (nSPS) is 11.2. The first-order valence-corrected chi connectivity index (χ1v) is 10.6. The summed E-state index contributed by atoms with van der Waals surface area (Å²) in [5, 5.41) is 2.80. The minimum atomic E-state index is -3.59. The minimum absolute atomic E-state index is 0.269. The molecule has 0 fully saturated rings. The van der Waals surface area contributed by atoms with Crippen LogP contribution in [0.5, 0.6) is 0 Å².